The van der Waals surface area contributed by atoms with Crippen LogP contribution in [-0.2, 0) is 14.3 Å². The lowest BCUT2D eigenvalue weighted by molar-refractivity contribution is -0.137. The number of hydrogen-bond acceptors (Lipinski definition) is 4. The fourth-order valence-electron chi connectivity index (χ4n) is 2.93. The van der Waals surface area contributed by atoms with E-state index in [0.717, 1.165) is 25.9 Å². The molecule has 0 radical (unpaired) electrons. The first-order valence-corrected chi connectivity index (χ1v) is 10.1. The van der Waals surface area contributed by atoms with E-state index in [1.54, 1.807) is 12.0 Å². The van der Waals surface area contributed by atoms with Crippen LogP contribution in [0.25, 0.3) is 0 Å². The Hall–Kier alpha value is -1.30. The fraction of sp³-hybridized carbons (Fsp3) is 0.905. The molecule has 0 spiro atoms. The van der Waals surface area contributed by atoms with Gasteiger partial charge in [-0.3, -0.25) is 4.79 Å². The Bertz CT molecular complexity index is 456. The lowest BCUT2D eigenvalue weighted by atomic mass is 9.85. The van der Waals surface area contributed by atoms with Crippen molar-refractivity contribution in [1.29, 1.82) is 0 Å². The molecule has 0 aromatic carbocycles. The van der Waals surface area contributed by atoms with E-state index in [2.05, 4.69) is 19.2 Å². The summed E-state index contributed by atoms with van der Waals surface area (Å²) in [7, 11) is 1.70. The first kappa shape index (κ1) is 25.7. The van der Waals surface area contributed by atoms with Gasteiger partial charge >= 0.3 is 6.09 Å². The van der Waals surface area contributed by atoms with Crippen LogP contribution in [0, 0.1) is 10.8 Å². The van der Waals surface area contributed by atoms with Gasteiger partial charge in [-0.2, -0.15) is 0 Å². The average Bonchev–Trinajstić information content (AvgIpc) is 2.54. The summed E-state index contributed by atoms with van der Waals surface area (Å²) in [4.78, 5) is 27.1. The van der Waals surface area contributed by atoms with E-state index in [1.807, 2.05) is 41.5 Å². The summed E-state index contributed by atoms with van der Waals surface area (Å²) in [6.45, 7) is 17.6. The summed E-state index contributed by atoms with van der Waals surface area (Å²) in [5.41, 5.74) is -0.520. The molecular weight excluding hydrogens is 344 g/mol. The minimum atomic E-state index is -0.628. The second kappa shape index (κ2) is 11.5. The van der Waals surface area contributed by atoms with Crippen LogP contribution in [0.15, 0.2) is 0 Å². The van der Waals surface area contributed by atoms with Crippen LogP contribution in [0.3, 0.4) is 0 Å². The van der Waals surface area contributed by atoms with Gasteiger partial charge in [-0.05, 0) is 44.4 Å². The van der Waals surface area contributed by atoms with Crippen LogP contribution in [-0.4, -0.2) is 55.9 Å². The van der Waals surface area contributed by atoms with E-state index in [9.17, 15) is 9.59 Å². The molecule has 0 bridgehead atoms. The van der Waals surface area contributed by atoms with Crippen LogP contribution in [0.1, 0.15) is 74.7 Å². The number of nitrogens with one attached hydrogen (secondary N) is 1. The number of ether oxygens (including phenoxy) is 2. The third-order valence-corrected chi connectivity index (χ3v) is 4.67. The summed E-state index contributed by atoms with van der Waals surface area (Å²) in [6, 6.07) is -0.548. The molecule has 0 aromatic rings. The predicted octanol–water partition coefficient (Wildman–Crippen LogP) is 4.23. The van der Waals surface area contributed by atoms with Gasteiger partial charge in [0.25, 0.3) is 0 Å². The van der Waals surface area contributed by atoms with E-state index in [0.29, 0.717) is 13.2 Å². The van der Waals surface area contributed by atoms with Crippen LogP contribution in [0.2, 0.25) is 0 Å². The topological polar surface area (TPSA) is 67.9 Å². The van der Waals surface area contributed by atoms with Crippen molar-refractivity contribution >= 4 is 12.0 Å². The molecule has 1 atom stereocenters. The molecule has 6 heteroatoms. The Balaban J connectivity index is 4.81. The van der Waals surface area contributed by atoms with Gasteiger partial charge in [0.15, 0.2) is 0 Å². The number of methoxy groups -OCH3 is 1. The summed E-state index contributed by atoms with van der Waals surface area (Å²) in [6.07, 6.45) is 2.43. The zero-order valence-corrected chi connectivity index (χ0v) is 19.0. The molecule has 0 rings (SSSR count). The third kappa shape index (κ3) is 9.99. The van der Waals surface area contributed by atoms with Crippen LogP contribution in [0.4, 0.5) is 4.79 Å². The second-order valence-corrected chi connectivity index (χ2v) is 9.35. The summed E-state index contributed by atoms with van der Waals surface area (Å²) in [5.74, 6) is -0.0734. The van der Waals surface area contributed by atoms with Crippen LogP contribution < -0.4 is 5.32 Å². The molecule has 0 saturated heterocycles. The maximum absolute atomic E-state index is 12.9. The molecule has 1 unspecified atom stereocenters. The highest BCUT2D eigenvalue weighted by atomic mass is 16.5. The highest BCUT2D eigenvalue weighted by Crippen LogP contribution is 2.25. The fourth-order valence-corrected chi connectivity index (χ4v) is 2.93. The number of amides is 2. The molecule has 0 aliphatic rings. The van der Waals surface area contributed by atoms with E-state index in [1.165, 1.54) is 0 Å². The number of carbonyl (C=O) groups is 2. The summed E-state index contributed by atoms with van der Waals surface area (Å²) < 4.78 is 10.5. The van der Waals surface area contributed by atoms with Crippen molar-refractivity contribution in [2.75, 3.05) is 26.9 Å². The van der Waals surface area contributed by atoms with E-state index in [-0.39, 0.29) is 17.4 Å². The predicted molar refractivity (Wildman–Crippen MR) is 110 cm³/mol. The van der Waals surface area contributed by atoms with Gasteiger partial charge in [0.2, 0.25) is 5.91 Å². The first-order valence-electron chi connectivity index (χ1n) is 10.1. The molecule has 6 nitrogen and oxygen atoms in total. The van der Waals surface area contributed by atoms with Gasteiger partial charge in [-0.15, -0.1) is 0 Å². The first-order chi connectivity index (χ1) is 12.4. The van der Waals surface area contributed by atoms with E-state index in [4.69, 9.17) is 9.47 Å². The maximum Gasteiger partial charge on any atom is 0.407 e. The summed E-state index contributed by atoms with van der Waals surface area (Å²) >= 11 is 0. The lowest BCUT2D eigenvalue weighted by Gasteiger charge is -2.36. The molecule has 2 amide bonds. The Morgan fingerprint density at radius 1 is 1.07 bits per heavy atom. The Kier molecular flexibility index (Phi) is 11.0. The number of hydrogen-bond donors (Lipinski definition) is 1. The minimum Gasteiger partial charge on any atom is -0.449 e. The van der Waals surface area contributed by atoms with Gasteiger partial charge in [-0.1, -0.05) is 41.0 Å². The summed E-state index contributed by atoms with van der Waals surface area (Å²) in [5, 5.41) is 2.80. The Labute approximate surface area is 166 Å². The van der Waals surface area contributed by atoms with E-state index < -0.39 is 17.6 Å². The highest BCUT2D eigenvalue weighted by molar-refractivity contribution is 5.86. The molecule has 0 aromatic heterocycles. The van der Waals surface area contributed by atoms with Crippen molar-refractivity contribution in [3.63, 3.8) is 0 Å². The SMILES string of the molecule is CCN(C(=O)C(NC(=O)OCC(C)(C)CCCCOC)C(C)(C)C)C(C)C. The molecule has 0 heterocycles. The second-order valence-electron chi connectivity index (χ2n) is 9.35. The third-order valence-electron chi connectivity index (χ3n) is 4.67. The van der Waals surface area contributed by atoms with Gasteiger partial charge in [0, 0.05) is 26.3 Å². The van der Waals surface area contributed by atoms with Crippen molar-refractivity contribution in [3.05, 3.63) is 0 Å². The van der Waals surface area contributed by atoms with Crippen molar-refractivity contribution in [2.24, 2.45) is 10.8 Å². The zero-order chi connectivity index (χ0) is 21.3. The average molecular weight is 387 g/mol. The number of likely N-dealkylation sites (N-methyl/N-ethyl adjacent to an activating group) is 1. The molecule has 0 saturated carbocycles. The highest BCUT2D eigenvalue weighted by Gasteiger charge is 2.36. The minimum absolute atomic E-state index is 0.0734. The molecule has 0 aliphatic carbocycles. The number of alkyl carbamates (subject to hydrolysis) is 1. The normalized spacial score (nSPS) is 13.4. The smallest absolute Gasteiger partial charge is 0.407 e. The molecular formula is C21H42N2O4. The standard InChI is InChI=1S/C21H42N2O4/c1-10-23(16(2)3)18(24)17(20(4,5)6)22-19(25)27-15-21(7,8)13-11-12-14-26-9/h16-17H,10-15H2,1-9H3,(H,22,25). The number of unbranched alkanes of at least 4 members (excludes halogenated alkanes) is 1. The van der Waals surface area contributed by atoms with Crippen molar-refractivity contribution in [3.8, 4) is 0 Å². The van der Waals surface area contributed by atoms with Gasteiger partial charge in [-0.25, -0.2) is 4.79 Å². The monoisotopic (exact) mass is 386 g/mol. The largest absolute Gasteiger partial charge is 0.449 e. The van der Waals surface area contributed by atoms with Crippen molar-refractivity contribution in [2.45, 2.75) is 86.7 Å². The lowest BCUT2D eigenvalue weighted by Crippen LogP contribution is -2.56. The molecule has 0 fully saturated rings. The van der Waals surface area contributed by atoms with Crippen molar-refractivity contribution < 1.29 is 19.1 Å². The maximum atomic E-state index is 12.9. The van der Waals surface area contributed by atoms with E-state index >= 15 is 0 Å². The van der Waals surface area contributed by atoms with Crippen LogP contribution in [0.5, 0.6) is 0 Å². The quantitative estimate of drug-likeness (QED) is 0.540. The molecule has 1 N–H and O–H groups in total. The van der Waals surface area contributed by atoms with Gasteiger partial charge in [0.05, 0.1) is 6.61 Å². The zero-order valence-electron chi connectivity index (χ0n) is 19.0. The van der Waals surface area contributed by atoms with Crippen molar-refractivity contribution in [1.82, 2.24) is 10.2 Å². The molecule has 0 aliphatic heterocycles. The number of carbonyl (C=O) groups excluding carboxylic acids is 2. The van der Waals surface area contributed by atoms with Gasteiger partial charge < -0.3 is 19.7 Å². The Morgan fingerprint density at radius 2 is 1.67 bits per heavy atom. The molecule has 27 heavy (non-hydrogen) atoms. The number of nitrogens with zero attached hydrogens (tertiary/aromatic N) is 1. The van der Waals surface area contributed by atoms with Gasteiger partial charge in [0.1, 0.15) is 6.04 Å². The van der Waals surface area contributed by atoms with Crippen LogP contribution >= 0.6 is 0 Å². The molecule has 160 valence electrons. The number of rotatable bonds is 11. The Morgan fingerprint density at radius 3 is 2.11 bits per heavy atom.